The summed E-state index contributed by atoms with van der Waals surface area (Å²) in [6.07, 6.45) is -2.29. The molecule has 0 radical (unpaired) electrons. The minimum atomic E-state index is -2.74. The number of rotatable bonds is 6. The summed E-state index contributed by atoms with van der Waals surface area (Å²) in [5.74, 6) is -4.33. The fourth-order valence-electron chi connectivity index (χ4n) is 1.34. The van der Waals surface area contributed by atoms with E-state index >= 15 is 0 Å². The van der Waals surface area contributed by atoms with E-state index in [1.807, 2.05) is 0 Å². The number of aliphatic hydroxyl groups is 1. The zero-order valence-electron chi connectivity index (χ0n) is 11.6. The Hall–Kier alpha value is -2.81. The van der Waals surface area contributed by atoms with Crippen LogP contribution in [0.25, 0.3) is 0 Å². The van der Waals surface area contributed by atoms with E-state index in [-0.39, 0.29) is 5.75 Å². The molecule has 0 aliphatic heterocycles. The van der Waals surface area contributed by atoms with Gasteiger partial charge in [0.15, 0.2) is 17.1 Å². The SMILES string of the molecule is COc1ccccc1O.O=C(O)CC(O)(CC(=O)O)C(=O)O. The van der Waals surface area contributed by atoms with Crippen molar-refractivity contribution in [2.24, 2.45) is 0 Å². The minimum Gasteiger partial charge on any atom is -0.504 e. The van der Waals surface area contributed by atoms with Gasteiger partial charge in [-0.25, -0.2) is 4.79 Å². The first-order chi connectivity index (χ1) is 10.1. The first kappa shape index (κ1) is 19.2. The number of ether oxygens (including phenoxy) is 1. The van der Waals surface area contributed by atoms with Gasteiger partial charge in [-0.3, -0.25) is 9.59 Å². The standard InChI is InChI=1S/C7H8O2.C6H8O7/c1-9-7-5-3-2-4-6(7)8;7-3(8)1-6(13,5(11)12)2-4(9)10/h2-5,8H,1H3;13H,1-2H2,(H,7,8)(H,9,10)(H,11,12). The number of aliphatic carboxylic acids is 3. The van der Waals surface area contributed by atoms with E-state index in [0.29, 0.717) is 5.75 Å². The molecule has 0 amide bonds. The van der Waals surface area contributed by atoms with Crippen LogP contribution in [0.4, 0.5) is 0 Å². The third kappa shape index (κ3) is 6.57. The van der Waals surface area contributed by atoms with E-state index in [9.17, 15) is 14.4 Å². The van der Waals surface area contributed by atoms with E-state index in [4.69, 9.17) is 30.3 Å². The zero-order chi connectivity index (χ0) is 17.3. The van der Waals surface area contributed by atoms with Crippen molar-refractivity contribution in [3.8, 4) is 11.5 Å². The van der Waals surface area contributed by atoms with Gasteiger partial charge < -0.3 is 30.3 Å². The number of phenolic OH excluding ortho intramolecular Hbond substituents is 1. The fourth-order valence-corrected chi connectivity index (χ4v) is 1.34. The van der Waals surface area contributed by atoms with Crippen LogP contribution in [0.15, 0.2) is 24.3 Å². The molecule has 0 unspecified atom stereocenters. The van der Waals surface area contributed by atoms with Crippen LogP contribution in [-0.4, -0.2) is 56.2 Å². The molecule has 0 fully saturated rings. The first-order valence-corrected chi connectivity index (χ1v) is 5.83. The number of carboxylic acid groups (broad SMARTS) is 3. The molecule has 1 aromatic carbocycles. The molecule has 0 spiro atoms. The number of methoxy groups -OCH3 is 1. The summed E-state index contributed by atoms with van der Waals surface area (Å²) in [6.45, 7) is 0. The molecule has 1 aromatic rings. The Morgan fingerprint density at radius 3 is 1.77 bits per heavy atom. The number of phenols is 1. The van der Waals surface area contributed by atoms with Gasteiger partial charge >= 0.3 is 17.9 Å². The Balaban J connectivity index is 0.000000425. The molecule has 1 rings (SSSR count). The van der Waals surface area contributed by atoms with Gasteiger partial charge in [0, 0.05) is 0 Å². The smallest absolute Gasteiger partial charge is 0.336 e. The molecule has 0 saturated carbocycles. The lowest BCUT2D eigenvalue weighted by Gasteiger charge is -2.18. The average molecular weight is 316 g/mol. The molecule has 9 heteroatoms. The normalized spacial score (nSPS) is 10.1. The maximum Gasteiger partial charge on any atom is 0.336 e. The number of hydrogen-bond donors (Lipinski definition) is 5. The third-order valence-corrected chi connectivity index (χ3v) is 2.37. The first-order valence-electron chi connectivity index (χ1n) is 5.83. The highest BCUT2D eigenvalue weighted by molar-refractivity contribution is 5.88. The number of aromatic hydroxyl groups is 1. The maximum atomic E-state index is 10.3. The van der Waals surface area contributed by atoms with Crippen molar-refractivity contribution in [3.05, 3.63) is 24.3 Å². The van der Waals surface area contributed by atoms with Gasteiger partial charge in [0.25, 0.3) is 0 Å². The topological polar surface area (TPSA) is 162 Å². The Bertz CT molecular complexity index is 522. The number of carbonyl (C=O) groups is 3. The largest absolute Gasteiger partial charge is 0.504 e. The second kappa shape index (κ2) is 8.47. The second-order valence-electron chi connectivity index (χ2n) is 4.15. The van der Waals surface area contributed by atoms with Crippen LogP contribution < -0.4 is 4.74 Å². The van der Waals surface area contributed by atoms with Crippen LogP contribution in [-0.2, 0) is 14.4 Å². The summed E-state index contributed by atoms with van der Waals surface area (Å²) in [7, 11) is 1.52. The summed E-state index contributed by atoms with van der Waals surface area (Å²) < 4.78 is 4.79. The van der Waals surface area contributed by atoms with E-state index in [0.717, 1.165) is 0 Å². The molecule has 5 N–H and O–H groups in total. The van der Waals surface area contributed by atoms with Crippen molar-refractivity contribution < 1.29 is 44.7 Å². The van der Waals surface area contributed by atoms with Crippen molar-refractivity contribution in [2.45, 2.75) is 18.4 Å². The summed E-state index contributed by atoms with van der Waals surface area (Å²) in [6, 6.07) is 6.84. The quantitative estimate of drug-likeness (QED) is 0.491. The van der Waals surface area contributed by atoms with Crippen LogP contribution in [0.2, 0.25) is 0 Å². The number of hydrogen-bond acceptors (Lipinski definition) is 6. The highest BCUT2D eigenvalue weighted by Crippen LogP contribution is 2.23. The predicted molar refractivity (Wildman–Crippen MR) is 71.8 cm³/mol. The minimum absolute atomic E-state index is 0.181. The van der Waals surface area contributed by atoms with Gasteiger partial charge in [-0.2, -0.15) is 0 Å². The van der Waals surface area contributed by atoms with Gasteiger partial charge in [-0.15, -0.1) is 0 Å². The molecule has 0 saturated heterocycles. The molecule has 0 atom stereocenters. The van der Waals surface area contributed by atoms with Gasteiger partial charge in [0.2, 0.25) is 0 Å². The molecule has 22 heavy (non-hydrogen) atoms. The van der Waals surface area contributed by atoms with Crippen molar-refractivity contribution in [2.75, 3.05) is 7.11 Å². The van der Waals surface area contributed by atoms with Crippen LogP contribution >= 0.6 is 0 Å². The molecular weight excluding hydrogens is 300 g/mol. The average Bonchev–Trinajstić information content (AvgIpc) is 2.38. The molecule has 122 valence electrons. The lowest BCUT2D eigenvalue weighted by Crippen LogP contribution is -2.42. The van der Waals surface area contributed by atoms with E-state index in [2.05, 4.69) is 0 Å². The summed E-state index contributed by atoms with van der Waals surface area (Å²) in [4.78, 5) is 30.5. The van der Waals surface area contributed by atoms with E-state index < -0.39 is 36.4 Å². The molecular formula is C13H16O9. The van der Waals surface area contributed by atoms with E-state index in [1.54, 1.807) is 24.3 Å². The van der Waals surface area contributed by atoms with Gasteiger partial charge in [-0.05, 0) is 12.1 Å². The Kier molecular flexibility index (Phi) is 7.39. The highest BCUT2D eigenvalue weighted by atomic mass is 16.5. The highest BCUT2D eigenvalue weighted by Gasteiger charge is 2.40. The van der Waals surface area contributed by atoms with Crippen LogP contribution in [0.5, 0.6) is 11.5 Å². The van der Waals surface area contributed by atoms with Gasteiger partial charge in [0.1, 0.15) is 0 Å². The van der Waals surface area contributed by atoms with Gasteiger partial charge in [0.05, 0.1) is 20.0 Å². The zero-order valence-corrected chi connectivity index (χ0v) is 11.6. The van der Waals surface area contributed by atoms with Gasteiger partial charge in [-0.1, -0.05) is 12.1 Å². The Morgan fingerprint density at radius 2 is 1.50 bits per heavy atom. The number of benzene rings is 1. The molecule has 9 nitrogen and oxygen atoms in total. The Morgan fingerprint density at radius 1 is 1.05 bits per heavy atom. The third-order valence-electron chi connectivity index (χ3n) is 2.37. The van der Waals surface area contributed by atoms with Crippen LogP contribution in [0.1, 0.15) is 12.8 Å². The second-order valence-corrected chi connectivity index (χ2v) is 4.15. The molecule has 0 heterocycles. The number of carboxylic acids is 3. The van der Waals surface area contributed by atoms with Crippen molar-refractivity contribution in [1.82, 2.24) is 0 Å². The Labute approximate surface area is 125 Å². The van der Waals surface area contributed by atoms with E-state index in [1.165, 1.54) is 7.11 Å². The van der Waals surface area contributed by atoms with Crippen molar-refractivity contribution in [3.63, 3.8) is 0 Å². The molecule has 0 aromatic heterocycles. The van der Waals surface area contributed by atoms with Crippen LogP contribution in [0, 0.1) is 0 Å². The van der Waals surface area contributed by atoms with Crippen molar-refractivity contribution in [1.29, 1.82) is 0 Å². The summed E-state index contributed by atoms with van der Waals surface area (Å²) in [5, 5.41) is 42.8. The lowest BCUT2D eigenvalue weighted by molar-refractivity contribution is -0.170. The number of para-hydroxylation sites is 2. The molecule has 0 bridgehead atoms. The lowest BCUT2D eigenvalue weighted by atomic mass is 9.96. The van der Waals surface area contributed by atoms with Crippen molar-refractivity contribution >= 4 is 17.9 Å². The summed E-state index contributed by atoms with van der Waals surface area (Å²) in [5.41, 5.74) is -2.74. The van der Waals surface area contributed by atoms with Crippen LogP contribution in [0.3, 0.4) is 0 Å². The maximum absolute atomic E-state index is 10.3. The monoisotopic (exact) mass is 316 g/mol. The molecule has 0 aliphatic carbocycles. The fraction of sp³-hybridized carbons (Fsp3) is 0.308. The molecule has 0 aliphatic rings. The summed E-state index contributed by atoms with van der Waals surface area (Å²) >= 11 is 0. The predicted octanol–water partition coefficient (Wildman–Crippen LogP) is 0.152.